The van der Waals surface area contributed by atoms with Crippen molar-refractivity contribution in [3.8, 4) is 0 Å². The minimum absolute atomic E-state index is 0.414. The number of aryl methyl sites for hydroxylation is 3. The summed E-state index contributed by atoms with van der Waals surface area (Å²) in [7, 11) is 0. The first-order valence-corrected chi connectivity index (χ1v) is 6.53. The summed E-state index contributed by atoms with van der Waals surface area (Å²) in [5, 5.41) is 9.09. The molecule has 98 valence electrons. The fourth-order valence-electron chi connectivity index (χ4n) is 2.20. The number of hydrogen-bond donors (Lipinski definition) is 1. The Morgan fingerprint density at radius 1 is 1.00 bits per heavy atom. The van der Waals surface area contributed by atoms with Gasteiger partial charge in [0.25, 0.3) is 0 Å². The molecule has 0 aromatic heterocycles. The molecule has 1 N–H and O–H groups in total. The highest BCUT2D eigenvalue weighted by molar-refractivity contribution is 5.89. The van der Waals surface area contributed by atoms with E-state index < -0.39 is 5.97 Å². The molecule has 2 nitrogen and oxygen atoms in total. The quantitative estimate of drug-likeness (QED) is 0.879. The third kappa shape index (κ3) is 3.68. The van der Waals surface area contributed by atoms with Crippen molar-refractivity contribution in [1.82, 2.24) is 0 Å². The van der Waals surface area contributed by atoms with Gasteiger partial charge in [-0.1, -0.05) is 42.5 Å². The zero-order valence-corrected chi connectivity index (χ0v) is 11.1. The van der Waals surface area contributed by atoms with Gasteiger partial charge in [0, 0.05) is 0 Å². The average Bonchev–Trinajstić information content (AvgIpc) is 2.41. The van der Waals surface area contributed by atoms with Crippen LogP contribution in [0.15, 0.2) is 48.5 Å². The number of benzene rings is 2. The van der Waals surface area contributed by atoms with Crippen molar-refractivity contribution < 1.29 is 9.90 Å². The number of aromatic carboxylic acids is 1. The molecule has 0 heterocycles. The molecule has 2 aromatic rings. The van der Waals surface area contributed by atoms with Crippen LogP contribution in [0, 0.1) is 6.92 Å². The third-order valence-electron chi connectivity index (χ3n) is 3.31. The van der Waals surface area contributed by atoms with E-state index in [2.05, 4.69) is 12.1 Å². The van der Waals surface area contributed by atoms with Gasteiger partial charge in [-0.25, -0.2) is 4.79 Å². The Morgan fingerprint density at radius 2 is 1.68 bits per heavy atom. The highest BCUT2D eigenvalue weighted by atomic mass is 16.4. The molecule has 0 spiro atoms. The highest BCUT2D eigenvalue weighted by Crippen LogP contribution is 2.14. The lowest BCUT2D eigenvalue weighted by molar-refractivity contribution is 0.0696. The van der Waals surface area contributed by atoms with E-state index in [4.69, 9.17) is 5.11 Å². The first-order chi connectivity index (χ1) is 9.16. The Morgan fingerprint density at radius 3 is 2.37 bits per heavy atom. The number of hydrogen-bond acceptors (Lipinski definition) is 1. The van der Waals surface area contributed by atoms with Crippen LogP contribution in [-0.4, -0.2) is 11.1 Å². The lowest BCUT2D eigenvalue weighted by atomic mass is 10.00. The van der Waals surface area contributed by atoms with Crippen molar-refractivity contribution in [2.45, 2.75) is 26.2 Å². The predicted molar refractivity (Wildman–Crippen MR) is 76.6 cm³/mol. The fraction of sp³-hybridized carbons (Fsp3) is 0.235. The normalized spacial score (nSPS) is 10.4. The van der Waals surface area contributed by atoms with E-state index >= 15 is 0 Å². The lowest BCUT2D eigenvalue weighted by Crippen LogP contribution is -2.01. The molecule has 0 saturated carbocycles. The molecular weight excluding hydrogens is 236 g/mol. The van der Waals surface area contributed by atoms with E-state index in [0.29, 0.717) is 5.56 Å². The summed E-state index contributed by atoms with van der Waals surface area (Å²) >= 11 is 0. The van der Waals surface area contributed by atoms with Crippen LogP contribution in [0.4, 0.5) is 0 Å². The van der Waals surface area contributed by atoms with Gasteiger partial charge in [-0.05, 0) is 48.9 Å². The number of carbonyl (C=O) groups is 1. The van der Waals surface area contributed by atoms with Crippen molar-refractivity contribution in [2.24, 2.45) is 0 Å². The fourth-order valence-corrected chi connectivity index (χ4v) is 2.20. The van der Waals surface area contributed by atoms with E-state index in [9.17, 15) is 4.79 Å². The molecule has 0 saturated heterocycles. The number of rotatable bonds is 5. The van der Waals surface area contributed by atoms with Crippen LogP contribution in [0.25, 0.3) is 0 Å². The molecule has 0 unspecified atom stereocenters. The van der Waals surface area contributed by atoms with Gasteiger partial charge in [-0.3, -0.25) is 0 Å². The molecule has 0 fully saturated rings. The maximum Gasteiger partial charge on any atom is 0.335 e. The zero-order valence-electron chi connectivity index (χ0n) is 11.1. The van der Waals surface area contributed by atoms with E-state index in [0.717, 1.165) is 30.4 Å². The molecule has 0 aliphatic rings. The summed E-state index contributed by atoms with van der Waals surface area (Å²) in [5.74, 6) is -0.845. The third-order valence-corrected chi connectivity index (χ3v) is 3.31. The number of carboxylic acids is 1. The minimum Gasteiger partial charge on any atom is -0.478 e. The smallest absolute Gasteiger partial charge is 0.335 e. The second-order valence-corrected chi connectivity index (χ2v) is 4.79. The summed E-state index contributed by atoms with van der Waals surface area (Å²) in [6, 6.07) is 16.1. The molecule has 19 heavy (non-hydrogen) atoms. The maximum absolute atomic E-state index is 11.1. The Bertz CT molecular complexity index is 559. The second-order valence-electron chi connectivity index (χ2n) is 4.79. The van der Waals surface area contributed by atoms with Gasteiger partial charge in [0.1, 0.15) is 0 Å². The lowest BCUT2D eigenvalue weighted by Gasteiger charge is -2.06. The minimum atomic E-state index is -0.845. The first kappa shape index (κ1) is 13.3. The van der Waals surface area contributed by atoms with Crippen molar-refractivity contribution >= 4 is 5.97 Å². The van der Waals surface area contributed by atoms with Crippen LogP contribution in [0.1, 0.15) is 33.5 Å². The van der Waals surface area contributed by atoms with Crippen LogP contribution in [0.2, 0.25) is 0 Å². The van der Waals surface area contributed by atoms with Crippen molar-refractivity contribution in [2.75, 3.05) is 0 Å². The molecule has 2 aromatic carbocycles. The van der Waals surface area contributed by atoms with Crippen LogP contribution in [0.3, 0.4) is 0 Å². The standard InChI is InChI=1S/C17H18O2/c1-13-10-11-15(12-16(13)17(18)19)9-5-8-14-6-3-2-4-7-14/h2-4,6-7,10-12H,5,8-9H2,1H3,(H,18,19). The molecule has 0 radical (unpaired) electrons. The zero-order chi connectivity index (χ0) is 13.7. The van der Waals surface area contributed by atoms with Crippen molar-refractivity contribution in [1.29, 1.82) is 0 Å². The summed E-state index contributed by atoms with van der Waals surface area (Å²) in [6.07, 6.45) is 2.97. The van der Waals surface area contributed by atoms with Gasteiger partial charge in [0.2, 0.25) is 0 Å². The van der Waals surface area contributed by atoms with Gasteiger partial charge in [0.05, 0.1) is 5.56 Å². The maximum atomic E-state index is 11.1. The SMILES string of the molecule is Cc1ccc(CCCc2ccccc2)cc1C(=O)O. The molecular formula is C17H18O2. The summed E-state index contributed by atoms with van der Waals surface area (Å²) in [4.78, 5) is 11.1. The summed E-state index contributed by atoms with van der Waals surface area (Å²) < 4.78 is 0. The van der Waals surface area contributed by atoms with Crippen LogP contribution in [-0.2, 0) is 12.8 Å². The molecule has 2 rings (SSSR count). The summed E-state index contributed by atoms with van der Waals surface area (Å²) in [5.41, 5.74) is 3.66. The van der Waals surface area contributed by atoms with Crippen LogP contribution >= 0.6 is 0 Å². The summed E-state index contributed by atoms with van der Waals surface area (Å²) in [6.45, 7) is 1.83. The first-order valence-electron chi connectivity index (χ1n) is 6.53. The van der Waals surface area contributed by atoms with Crippen LogP contribution < -0.4 is 0 Å². The number of carboxylic acid groups (broad SMARTS) is 1. The molecule has 0 amide bonds. The second kappa shape index (κ2) is 6.19. The predicted octanol–water partition coefficient (Wildman–Crippen LogP) is 3.87. The van der Waals surface area contributed by atoms with Gasteiger partial charge in [-0.2, -0.15) is 0 Å². The van der Waals surface area contributed by atoms with E-state index in [1.165, 1.54) is 5.56 Å². The Labute approximate surface area is 113 Å². The van der Waals surface area contributed by atoms with E-state index in [1.807, 2.05) is 37.3 Å². The van der Waals surface area contributed by atoms with Crippen LogP contribution in [0.5, 0.6) is 0 Å². The molecule has 0 aliphatic carbocycles. The topological polar surface area (TPSA) is 37.3 Å². The molecule has 2 heteroatoms. The monoisotopic (exact) mass is 254 g/mol. The van der Waals surface area contributed by atoms with Gasteiger partial charge in [0.15, 0.2) is 0 Å². The Balaban J connectivity index is 1.97. The van der Waals surface area contributed by atoms with E-state index in [1.54, 1.807) is 6.07 Å². The highest BCUT2D eigenvalue weighted by Gasteiger charge is 2.07. The van der Waals surface area contributed by atoms with Gasteiger partial charge < -0.3 is 5.11 Å². The Hall–Kier alpha value is -2.09. The largest absolute Gasteiger partial charge is 0.478 e. The molecule has 0 bridgehead atoms. The molecule has 0 atom stereocenters. The van der Waals surface area contributed by atoms with Crippen molar-refractivity contribution in [3.63, 3.8) is 0 Å². The van der Waals surface area contributed by atoms with Gasteiger partial charge in [-0.15, -0.1) is 0 Å². The molecule has 0 aliphatic heterocycles. The van der Waals surface area contributed by atoms with E-state index in [-0.39, 0.29) is 0 Å². The van der Waals surface area contributed by atoms with Crippen molar-refractivity contribution in [3.05, 3.63) is 70.8 Å². The Kier molecular flexibility index (Phi) is 4.35. The van der Waals surface area contributed by atoms with Gasteiger partial charge >= 0.3 is 5.97 Å². The average molecular weight is 254 g/mol.